The maximum absolute atomic E-state index is 11.0. The van der Waals surface area contributed by atoms with Gasteiger partial charge in [-0.15, -0.1) is 0 Å². The van der Waals surface area contributed by atoms with Gasteiger partial charge < -0.3 is 10.6 Å². The number of pyridine rings is 1. The van der Waals surface area contributed by atoms with Gasteiger partial charge in [0.1, 0.15) is 0 Å². The Kier molecular flexibility index (Phi) is 6.43. The summed E-state index contributed by atoms with van der Waals surface area (Å²) in [5.41, 5.74) is 3.53. The number of nitrogens with one attached hydrogen (secondary N) is 2. The molecule has 4 aromatic rings. The summed E-state index contributed by atoms with van der Waals surface area (Å²) in [5, 5.41) is 17.1. The molecule has 0 aliphatic heterocycles. The predicted molar refractivity (Wildman–Crippen MR) is 131 cm³/mol. The van der Waals surface area contributed by atoms with Crippen LogP contribution in [0.5, 0.6) is 0 Å². The zero-order valence-corrected chi connectivity index (χ0v) is 18.8. The number of nitro groups is 1. The number of hydrogen-bond acceptors (Lipinski definition) is 6. The highest BCUT2D eigenvalue weighted by atomic mass is 79.9. The molecule has 0 fully saturated rings. The first kappa shape index (κ1) is 21.5. The lowest BCUT2D eigenvalue weighted by molar-refractivity contribution is -0.384. The molecule has 4 rings (SSSR count). The summed E-state index contributed by atoms with van der Waals surface area (Å²) in [5.74, 6) is 0.282. The maximum atomic E-state index is 11.0. The lowest BCUT2D eigenvalue weighted by atomic mass is 10.1. The van der Waals surface area contributed by atoms with Crippen LogP contribution < -0.4 is 10.6 Å². The van der Waals surface area contributed by atoms with Crippen LogP contribution in [-0.2, 0) is 0 Å². The van der Waals surface area contributed by atoms with Gasteiger partial charge in [0.15, 0.2) is 5.11 Å². The molecule has 0 saturated heterocycles. The number of nitrogens with zero attached hydrogens (tertiary/aromatic N) is 4. The molecule has 158 valence electrons. The average Bonchev–Trinajstić information content (AvgIpc) is 2.79. The summed E-state index contributed by atoms with van der Waals surface area (Å²) in [4.78, 5) is 23.9. The molecule has 0 spiro atoms. The van der Waals surface area contributed by atoms with Gasteiger partial charge in [0.05, 0.1) is 16.3 Å². The molecule has 32 heavy (non-hydrogen) atoms. The van der Waals surface area contributed by atoms with Crippen molar-refractivity contribution in [2.45, 2.75) is 0 Å². The van der Waals surface area contributed by atoms with Gasteiger partial charge in [-0.2, -0.15) is 0 Å². The van der Waals surface area contributed by atoms with E-state index >= 15 is 0 Å². The Hall–Kier alpha value is -3.76. The molecule has 2 N–H and O–H groups in total. The number of rotatable bonds is 5. The zero-order chi connectivity index (χ0) is 22.5. The Morgan fingerprint density at radius 2 is 1.66 bits per heavy atom. The van der Waals surface area contributed by atoms with Crippen molar-refractivity contribution in [2.75, 3.05) is 10.6 Å². The molecule has 0 amide bonds. The molecule has 8 nitrogen and oxygen atoms in total. The van der Waals surface area contributed by atoms with E-state index in [1.165, 1.54) is 12.1 Å². The van der Waals surface area contributed by atoms with Crippen molar-refractivity contribution >= 4 is 50.6 Å². The van der Waals surface area contributed by atoms with E-state index in [-0.39, 0.29) is 16.7 Å². The van der Waals surface area contributed by atoms with E-state index in [4.69, 9.17) is 12.2 Å². The van der Waals surface area contributed by atoms with Crippen LogP contribution in [0, 0.1) is 10.1 Å². The monoisotopic (exact) mass is 506 g/mol. The van der Waals surface area contributed by atoms with Crippen LogP contribution in [0.3, 0.4) is 0 Å². The van der Waals surface area contributed by atoms with E-state index in [9.17, 15) is 10.1 Å². The van der Waals surface area contributed by atoms with Crippen molar-refractivity contribution in [3.05, 3.63) is 93.7 Å². The van der Waals surface area contributed by atoms with E-state index < -0.39 is 4.92 Å². The smallest absolute Gasteiger partial charge is 0.271 e. The first-order valence-electron chi connectivity index (χ1n) is 9.36. The van der Waals surface area contributed by atoms with Crippen LogP contribution in [0.1, 0.15) is 0 Å². The minimum Gasteiger partial charge on any atom is -0.332 e. The van der Waals surface area contributed by atoms with Crippen molar-refractivity contribution in [2.24, 2.45) is 0 Å². The fraction of sp³-hybridized carbons (Fsp3) is 0. The molecule has 0 radical (unpaired) electrons. The van der Waals surface area contributed by atoms with Crippen molar-refractivity contribution in [3.8, 4) is 22.5 Å². The van der Waals surface area contributed by atoms with E-state index in [0.29, 0.717) is 17.1 Å². The fourth-order valence-electron chi connectivity index (χ4n) is 2.92. The summed E-state index contributed by atoms with van der Waals surface area (Å²) in [7, 11) is 0. The van der Waals surface area contributed by atoms with Gasteiger partial charge in [-0.3, -0.25) is 15.1 Å². The lowest BCUT2D eigenvalue weighted by Gasteiger charge is -2.12. The van der Waals surface area contributed by atoms with Crippen molar-refractivity contribution < 1.29 is 4.92 Å². The standard InChI is InChI=1S/C22H15BrN6O2S/c23-16-9-15(12-24-13-16)20-11-19(14-5-2-1-3-6-14)26-21(27-20)28-22(32)25-17-7-4-8-18(10-17)29(30)31/h1-13H,(H2,25,26,27,28,32). The molecular formula is C22H15BrN6O2S. The average molecular weight is 507 g/mol. The number of hydrogen-bond donors (Lipinski definition) is 2. The number of benzene rings is 2. The highest BCUT2D eigenvalue weighted by Crippen LogP contribution is 2.26. The topological polar surface area (TPSA) is 106 Å². The Bertz CT molecular complexity index is 1300. The van der Waals surface area contributed by atoms with E-state index in [2.05, 4.69) is 41.5 Å². The second-order valence-corrected chi connectivity index (χ2v) is 7.93. The quantitative estimate of drug-likeness (QED) is 0.202. The molecular weight excluding hydrogens is 492 g/mol. The number of anilines is 2. The molecule has 10 heteroatoms. The molecule has 0 aliphatic rings. The highest BCUT2D eigenvalue weighted by Gasteiger charge is 2.12. The van der Waals surface area contributed by atoms with Crippen molar-refractivity contribution in [1.29, 1.82) is 0 Å². The Balaban J connectivity index is 1.65. The van der Waals surface area contributed by atoms with Gasteiger partial charge >= 0.3 is 0 Å². The minimum atomic E-state index is -0.466. The Morgan fingerprint density at radius 1 is 0.906 bits per heavy atom. The van der Waals surface area contributed by atoms with Crippen LogP contribution in [0.15, 0.2) is 83.6 Å². The molecule has 0 saturated carbocycles. The highest BCUT2D eigenvalue weighted by molar-refractivity contribution is 9.10. The molecule has 2 heterocycles. The Labute approximate surface area is 197 Å². The molecule has 0 unspecified atom stereocenters. The predicted octanol–water partition coefficient (Wildman–Crippen LogP) is 5.69. The van der Waals surface area contributed by atoms with Gasteiger partial charge in [0.25, 0.3) is 5.69 Å². The third kappa shape index (κ3) is 5.29. The molecule has 0 aliphatic carbocycles. The van der Waals surface area contributed by atoms with Crippen LogP contribution in [-0.4, -0.2) is 25.0 Å². The van der Waals surface area contributed by atoms with Crippen molar-refractivity contribution in [1.82, 2.24) is 15.0 Å². The summed E-state index contributed by atoms with van der Waals surface area (Å²) in [6.45, 7) is 0. The SMILES string of the molecule is O=[N+]([O-])c1cccc(NC(=S)Nc2nc(-c3ccccc3)cc(-c3cncc(Br)c3)n2)c1. The van der Waals surface area contributed by atoms with Crippen molar-refractivity contribution in [3.63, 3.8) is 0 Å². The molecule has 0 bridgehead atoms. The van der Waals surface area contributed by atoms with Gasteiger partial charge in [-0.25, -0.2) is 9.97 Å². The van der Waals surface area contributed by atoms with Gasteiger partial charge in [-0.05, 0) is 46.3 Å². The second-order valence-electron chi connectivity index (χ2n) is 6.61. The summed E-state index contributed by atoms with van der Waals surface area (Å²) < 4.78 is 0.826. The minimum absolute atomic E-state index is 0.0374. The van der Waals surface area contributed by atoms with Crippen LogP contribution in [0.25, 0.3) is 22.5 Å². The number of halogens is 1. The van der Waals surface area contributed by atoms with Gasteiger partial charge in [0, 0.05) is 45.8 Å². The van der Waals surface area contributed by atoms with E-state index in [0.717, 1.165) is 15.6 Å². The van der Waals surface area contributed by atoms with E-state index in [1.807, 2.05) is 42.5 Å². The zero-order valence-electron chi connectivity index (χ0n) is 16.4. The summed E-state index contributed by atoms with van der Waals surface area (Å²) >= 11 is 8.81. The fourth-order valence-corrected chi connectivity index (χ4v) is 3.49. The van der Waals surface area contributed by atoms with Gasteiger partial charge in [-0.1, -0.05) is 36.4 Å². The molecule has 2 aromatic carbocycles. The third-order valence-corrected chi connectivity index (χ3v) is 4.97. The summed E-state index contributed by atoms with van der Waals surface area (Å²) in [6, 6.07) is 19.5. The first-order chi connectivity index (χ1) is 15.5. The second kappa shape index (κ2) is 9.58. The summed E-state index contributed by atoms with van der Waals surface area (Å²) in [6.07, 6.45) is 3.41. The van der Waals surface area contributed by atoms with Crippen LogP contribution in [0.2, 0.25) is 0 Å². The number of nitro benzene ring substituents is 1. The number of thiocarbonyl (C=S) groups is 1. The Morgan fingerprint density at radius 3 is 2.38 bits per heavy atom. The lowest BCUT2D eigenvalue weighted by Crippen LogP contribution is -2.21. The van der Waals surface area contributed by atoms with Crippen LogP contribution in [0.4, 0.5) is 17.3 Å². The molecule has 2 aromatic heterocycles. The van der Waals surface area contributed by atoms with E-state index in [1.54, 1.807) is 24.5 Å². The maximum Gasteiger partial charge on any atom is 0.271 e. The third-order valence-electron chi connectivity index (χ3n) is 4.34. The normalized spacial score (nSPS) is 10.4. The van der Waals surface area contributed by atoms with Gasteiger partial charge in [0.2, 0.25) is 5.95 Å². The first-order valence-corrected chi connectivity index (χ1v) is 10.6. The van der Waals surface area contributed by atoms with Crippen LogP contribution >= 0.6 is 28.1 Å². The number of non-ortho nitro benzene ring substituents is 1. The molecule has 0 atom stereocenters. The number of aromatic nitrogens is 3. The largest absolute Gasteiger partial charge is 0.332 e.